The van der Waals surface area contributed by atoms with Crippen LogP contribution in [0.25, 0.3) is 0 Å². The van der Waals surface area contributed by atoms with Gasteiger partial charge >= 0.3 is 0 Å². The van der Waals surface area contributed by atoms with Crippen molar-refractivity contribution in [3.63, 3.8) is 0 Å². The van der Waals surface area contributed by atoms with Crippen LogP contribution in [0.3, 0.4) is 0 Å². The highest BCUT2D eigenvalue weighted by Crippen LogP contribution is 2.20. The number of aryl methyl sites for hydroxylation is 2. The zero-order valence-corrected chi connectivity index (χ0v) is 11.6. The van der Waals surface area contributed by atoms with E-state index in [0.717, 1.165) is 11.3 Å². The van der Waals surface area contributed by atoms with Crippen molar-refractivity contribution in [1.82, 2.24) is 9.78 Å². The van der Waals surface area contributed by atoms with E-state index in [1.165, 1.54) is 6.07 Å². The molecule has 0 saturated heterocycles. The highest BCUT2D eigenvalue weighted by Gasteiger charge is 2.11. The first-order valence-electron chi connectivity index (χ1n) is 5.80. The van der Waals surface area contributed by atoms with Gasteiger partial charge < -0.3 is 11.1 Å². The van der Waals surface area contributed by atoms with Crippen molar-refractivity contribution in [2.45, 2.75) is 13.5 Å². The van der Waals surface area contributed by atoms with Crippen molar-refractivity contribution >= 4 is 22.9 Å². The summed E-state index contributed by atoms with van der Waals surface area (Å²) in [6, 6.07) is 4.72. The van der Waals surface area contributed by atoms with Gasteiger partial charge in [-0.1, -0.05) is 18.3 Å². The van der Waals surface area contributed by atoms with Crippen LogP contribution >= 0.6 is 12.2 Å². The predicted molar refractivity (Wildman–Crippen MR) is 77.6 cm³/mol. The van der Waals surface area contributed by atoms with Gasteiger partial charge in [-0.3, -0.25) is 4.68 Å². The van der Waals surface area contributed by atoms with Crippen LogP contribution in [-0.2, 0) is 13.6 Å². The second-order valence-electron chi connectivity index (χ2n) is 4.29. The molecule has 19 heavy (non-hydrogen) atoms. The number of rotatable bonds is 4. The number of aromatic nitrogens is 2. The average molecular weight is 278 g/mol. The average Bonchev–Trinajstić information content (AvgIpc) is 2.64. The maximum atomic E-state index is 13.7. The summed E-state index contributed by atoms with van der Waals surface area (Å²) >= 11 is 4.88. The van der Waals surface area contributed by atoms with Crippen LogP contribution in [-0.4, -0.2) is 14.8 Å². The molecule has 0 spiro atoms. The minimum Gasteiger partial charge on any atom is -0.389 e. The molecule has 1 heterocycles. The van der Waals surface area contributed by atoms with E-state index in [1.54, 1.807) is 16.8 Å². The summed E-state index contributed by atoms with van der Waals surface area (Å²) in [5, 5.41) is 7.40. The number of benzene rings is 1. The van der Waals surface area contributed by atoms with Crippen LogP contribution in [0.15, 0.2) is 24.4 Å². The Hall–Kier alpha value is -1.95. The minimum absolute atomic E-state index is 0.0449. The maximum absolute atomic E-state index is 13.7. The first-order valence-corrected chi connectivity index (χ1v) is 6.21. The maximum Gasteiger partial charge on any atom is 0.135 e. The molecule has 2 aromatic rings. The summed E-state index contributed by atoms with van der Waals surface area (Å²) in [5.41, 5.74) is 8.37. The lowest BCUT2D eigenvalue weighted by Gasteiger charge is -2.11. The largest absolute Gasteiger partial charge is 0.389 e. The zero-order valence-electron chi connectivity index (χ0n) is 10.8. The Kier molecular flexibility index (Phi) is 3.80. The van der Waals surface area contributed by atoms with Crippen molar-refractivity contribution in [2.75, 3.05) is 5.32 Å². The number of nitrogens with two attached hydrogens (primary N) is 1. The molecule has 0 unspecified atom stereocenters. The van der Waals surface area contributed by atoms with E-state index in [-0.39, 0.29) is 10.6 Å². The van der Waals surface area contributed by atoms with Gasteiger partial charge in [-0.25, -0.2) is 4.39 Å². The van der Waals surface area contributed by atoms with Gasteiger partial charge in [0.2, 0.25) is 0 Å². The lowest BCUT2D eigenvalue weighted by Crippen LogP contribution is -2.15. The first-order chi connectivity index (χ1) is 8.99. The predicted octanol–water partition coefficient (Wildman–Crippen LogP) is 2.11. The van der Waals surface area contributed by atoms with Gasteiger partial charge in [0.05, 0.1) is 11.3 Å². The SMILES string of the molecule is Cc1nn(C)cc1CNc1cccc(F)c1C(N)=S. The lowest BCUT2D eigenvalue weighted by atomic mass is 10.1. The van der Waals surface area contributed by atoms with Crippen LogP contribution in [0.5, 0.6) is 0 Å². The molecule has 2 rings (SSSR count). The van der Waals surface area contributed by atoms with E-state index < -0.39 is 5.82 Å². The Morgan fingerprint density at radius 1 is 1.53 bits per heavy atom. The molecule has 1 aromatic carbocycles. The summed E-state index contributed by atoms with van der Waals surface area (Å²) in [5.74, 6) is -0.416. The third kappa shape index (κ3) is 2.90. The molecule has 0 amide bonds. The van der Waals surface area contributed by atoms with Crippen molar-refractivity contribution in [2.24, 2.45) is 12.8 Å². The summed E-state index contributed by atoms with van der Waals surface area (Å²) < 4.78 is 15.4. The third-order valence-corrected chi connectivity index (χ3v) is 3.05. The van der Waals surface area contributed by atoms with Crippen LogP contribution in [0, 0.1) is 12.7 Å². The Balaban J connectivity index is 2.22. The molecular weight excluding hydrogens is 263 g/mol. The normalized spacial score (nSPS) is 10.5. The molecule has 0 aliphatic rings. The summed E-state index contributed by atoms with van der Waals surface area (Å²) in [6.07, 6.45) is 1.92. The number of nitrogens with zero attached hydrogens (tertiary/aromatic N) is 2. The number of thiocarbonyl (C=S) groups is 1. The lowest BCUT2D eigenvalue weighted by molar-refractivity contribution is 0.626. The Morgan fingerprint density at radius 2 is 2.26 bits per heavy atom. The molecule has 3 N–H and O–H groups in total. The van der Waals surface area contributed by atoms with Gasteiger partial charge in [0.25, 0.3) is 0 Å². The molecule has 0 aliphatic carbocycles. The monoisotopic (exact) mass is 278 g/mol. The van der Waals surface area contributed by atoms with Gasteiger partial charge in [-0.05, 0) is 19.1 Å². The molecule has 4 nitrogen and oxygen atoms in total. The molecule has 0 aliphatic heterocycles. The van der Waals surface area contributed by atoms with Gasteiger partial charge in [-0.2, -0.15) is 5.10 Å². The van der Waals surface area contributed by atoms with Gasteiger partial charge in [0, 0.05) is 31.0 Å². The van der Waals surface area contributed by atoms with Gasteiger partial charge in [0.1, 0.15) is 10.8 Å². The Bertz CT molecular complexity index is 621. The van der Waals surface area contributed by atoms with E-state index in [9.17, 15) is 4.39 Å². The summed E-state index contributed by atoms with van der Waals surface area (Å²) in [7, 11) is 1.86. The summed E-state index contributed by atoms with van der Waals surface area (Å²) in [6.45, 7) is 2.47. The Morgan fingerprint density at radius 3 is 2.84 bits per heavy atom. The highest BCUT2D eigenvalue weighted by atomic mass is 32.1. The minimum atomic E-state index is -0.416. The number of halogens is 1. The highest BCUT2D eigenvalue weighted by molar-refractivity contribution is 7.80. The molecule has 0 bridgehead atoms. The second-order valence-corrected chi connectivity index (χ2v) is 4.73. The quantitative estimate of drug-likeness (QED) is 0.841. The van der Waals surface area contributed by atoms with Crippen LogP contribution < -0.4 is 11.1 Å². The van der Waals surface area contributed by atoms with Crippen molar-refractivity contribution in [3.05, 3.63) is 47.0 Å². The molecule has 0 saturated carbocycles. The molecule has 100 valence electrons. The Labute approximate surface area is 116 Å². The molecule has 1 aromatic heterocycles. The number of hydrogen-bond acceptors (Lipinski definition) is 3. The van der Waals surface area contributed by atoms with E-state index in [1.807, 2.05) is 20.2 Å². The van der Waals surface area contributed by atoms with E-state index in [0.29, 0.717) is 12.2 Å². The fourth-order valence-corrected chi connectivity index (χ4v) is 2.14. The van der Waals surface area contributed by atoms with Crippen LogP contribution in [0.1, 0.15) is 16.8 Å². The molecule has 0 fully saturated rings. The smallest absolute Gasteiger partial charge is 0.135 e. The fourth-order valence-electron chi connectivity index (χ4n) is 1.93. The van der Waals surface area contributed by atoms with Crippen molar-refractivity contribution < 1.29 is 4.39 Å². The second kappa shape index (κ2) is 5.36. The molecule has 0 atom stereocenters. The molecule has 6 heteroatoms. The zero-order chi connectivity index (χ0) is 14.0. The molecular formula is C13H15FN4S. The first kappa shape index (κ1) is 13.5. The van der Waals surface area contributed by atoms with E-state index in [2.05, 4.69) is 10.4 Å². The third-order valence-electron chi connectivity index (χ3n) is 2.84. The number of anilines is 1. The summed E-state index contributed by atoms with van der Waals surface area (Å²) in [4.78, 5) is 0.0449. The topological polar surface area (TPSA) is 55.9 Å². The fraction of sp³-hybridized carbons (Fsp3) is 0.231. The van der Waals surface area contributed by atoms with Crippen LogP contribution in [0.2, 0.25) is 0 Å². The number of hydrogen-bond donors (Lipinski definition) is 2. The van der Waals surface area contributed by atoms with E-state index >= 15 is 0 Å². The van der Waals surface area contributed by atoms with E-state index in [4.69, 9.17) is 18.0 Å². The molecule has 0 radical (unpaired) electrons. The van der Waals surface area contributed by atoms with Crippen LogP contribution in [0.4, 0.5) is 10.1 Å². The van der Waals surface area contributed by atoms with Gasteiger partial charge in [0.15, 0.2) is 0 Å². The van der Waals surface area contributed by atoms with Crippen molar-refractivity contribution in [1.29, 1.82) is 0 Å². The standard InChI is InChI=1S/C13H15FN4S/c1-8-9(7-18(2)17-8)6-16-11-5-3-4-10(14)12(11)13(15)19/h3-5,7,16H,6H2,1-2H3,(H2,15,19). The number of nitrogens with one attached hydrogen (secondary N) is 1. The van der Waals surface area contributed by atoms with Gasteiger partial charge in [-0.15, -0.1) is 0 Å². The van der Waals surface area contributed by atoms with Crippen molar-refractivity contribution in [3.8, 4) is 0 Å².